The van der Waals surface area contributed by atoms with Crippen molar-refractivity contribution >= 4 is 23.2 Å². The van der Waals surface area contributed by atoms with Crippen LogP contribution in [-0.4, -0.2) is 53.1 Å². The minimum Gasteiger partial charge on any atom is -0.322 e. The average molecular weight is 327 g/mol. The number of H-pyrrole nitrogens is 1. The van der Waals surface area contributed by atoms with Gasteiger partial charge in [-0.3, -0.25) is 19.6 Å². The first kappa shape index (κ1) is 16.2. The minimum absolute atomic E-state index is 0.0101. The second-order valence-electron chi connectivity index (χ2n) is 5.95. The third-order valence-corrected chi connectivity index (χ3v) is 4.13. The topological polar surface area (TPSA) is 81.3 Å². The molecule has 7 nitrogen and oxygen atoms in total. The van der Waals surface area contributed by atoms with Crippen LogP contribution in [0.15, 0.2) is 30.3 Å². The Morgan fingerprint density at radius 2 is 2.00 bits per heavy atom. The van der Waals surface area contributed by atoms with E-state index in [2.05, 4.69) is 15.5 Å². The number of amides is 2. The van der Waals surface area contributed by atoms with E-state index in [1.54, 1.807) is 4.90 Å². The van der Waals surface area contributed by atoms with Crippen LogP contribution >= 0.6 is 0 Å². The molecule has 2 heterocycles. The lowest BCUT2D eigenvalue weighted by molar-refractivity contribution is -0.123. The number of para-hydroxylation sites is 1. The maximum absolute atomic E-state index is 12.3. The van der Waals surface area contributed by atoms with Crippen LogP contribution in [0.1, 0.15) is 11.4 Å². The molecule has 7 heteroatoms. The largest absolute Gasteiger partial charge is 0.322 e. The lowest BCUT2D eigenvalue weighted by atomic mass is 10.2. The van der Waals surface area contributed by atoms with Crippen LogP contribution in [0.4, 0.5) is 11.4 Å². The molecule has 1 saturated heterocycles. The molecule has 1 aliphatic rings. The first-order valence-corrected chi connectivity index (χ1v) is 7.94. The molecule has 126 valence electrons. The van der Waals surface area contributed by atoms with E-state index in [0.29, 0.717) is 18.8 Å². The van der Waals surface area contributed by atoms with Crippen LogP contribution in [0.3, 0.4) is 0 Å². The molecule has 0 radical (unpaired) electrons. The number of carbonyl (C=O) groups excluding carboxylic acids is 2. The van der Waals surface area contributed by atoms with Gasteiger partial charge in [-0.05, 0) is 26.0 Å². The number of piperazine rings is 1. The normalized spacial score (nSPS) is 15.6. The van der Waals surface area contributed by atoms with Crippen molar-refractivity contribution in [3.63, 3.8) is 0 Å². The van der Waals surface area contributed by atoms with Crippen LogP contribution in [-0.2, 0) is 9.59 Å². The standard InChI is InChI=1S/C17H21N5O2/c1-12-17(13(2)20-19-12)18-15(23)10-21-8-9-22(16(24)11-21)14-6-4-3-5-7-14/h3-7H,8-11H2,1-2H3,(H,18,23)(H,19,20). The highest BCUT2D eigenvalue weighted by Crippen LogP contribution is 2.18. The Balaban J connectivity index is 1.56. The molecule has 24 heavy (non-hydrogen) atoms. The maximum atomic E-state index is 12.3. The third-order valence-electron chi connectivity index (χ3n) is 4.13. The fourth-order valence-corrected chi connectivity index (χ4v) is 2.85. The van der Waals surface area contributed by atoms with E-state index < -0.39 is 0 Å². The van der Waals surface area contributed by atoms with Crippen LogP contribution in [0.25, 0.3) is 0 Å². The van der Waals surface area contributed by atoms with E-state index in [1.807, 2.05) is 49.1 Å². The van der Waals surface area contributed by atoms with Gasteiger partial charge < -0.3 is 10.2 Å². The monoisotopic (exact) mass is 327 g/mol. The highest BCUT2D eigenvalue weighted by Gasteiger charge is 2.26. The average Bonchev–Trinajstić information content (AvgIpc) is 2.88. The zero-order valence-corrected chi connectivity index (χ0v) is 13.9. The molecule has 3 rings (SSSR count). The van der Waals surface area contributed by atoms with Crippen molar-refractivity contribution in [2.75, 3.05) is 36.4 Å². The fraction of sp³-hybridized carbons (Fsp3) is 0.353. The molecule has 0 atom stereocenters. The van der Waals surface area contributed by atoms with Crippen LogP contribution < -0.4 is 10.2 Å². The van der Waals surface area contributed by atoms with Gasteiger partial charge >= 0.3 is 0 Å². The number of carbonyl (C=O) groups is 2. The second kappa shape index (κ2) is 6.84. The summed E-state index contributed by atoms with van der Waals surface area (Å²) >= 11 is 0. The molecular formula is C17H21N5O2. The number of nitrogens with zero attached hydrogens (tertiary/aromatic N) is 3. The number of hydrogen-bond donors (Lipinski definition) is 2. The van der Waals surface area contributed by atoms with Crippen molar-refractivity contribution < 1.29 is 9.59 Å². The number of aryl methyl sites for hydroxylation is 2. The maximum Gasteiger partial charge on any atom is 0.241 e. The Hall–Kier alpha value is -2.67. The van der Waals surface area contributed by atoms with E-state index in [-0.39, 0.29) is 24.9 Å². The van der Waals surface area contributed by atoms with Crippen molar-refractivity contribution in [2.45, 2.75) is 13.8 Å². The van der Waals surface area contributed by atoms with Gasteiger partial charge in [-0.2, -0.15) is 5.10 Å². The van der Waals surface area contributed by atoms with Gasteiger partial charge in [-0.25, -0.2) is 0 Å². The summed E-state index contributed by atoms with van der Waals surface area (Å²) in [6, 6.07) is 9.60. The van der Waals surface area contributed by atoms with Gasteiger partial charge in [0.1, 0.15) is 0 Å². The van der Waals surface area contributed by atoms with Crippen molar-refractivity contribution in [1.29, 1.82) is 0 Å². The number of anilines is 2. The summed E-state index contributed by atoms with van der Waals surface area (Å²) < 4.78 is 0. The number of hydrogen-bond acceptors (Lipinski definition) is 4. The SMILES string of the molecule is Cc1n[nH]c(C)c1NC(=O)CN1CCN(c2ccccc2)C(=O)C1. The molecule has 1 fully saturated rings. The number of aromatic nitrogens is 2. The minimum atomic E-state index is -0.136. The van der Waals surface area contributed by atoms with Gasteiger partial charge in [-0.15, -0.1) is 0 Å². The Morgan fingerprint density at radius 1 is 1.25 bits per heavy atom. The molecule has 0 saturated carbocycles. The number of benzene rings is 1. The number of aromatic amines is 1. The van der Waals surface area contributed by atoms with Gasteiger partial charge in [0, 0.05) is 18.8 Å². The van der Waals surface area contributed by atoms with Gasteiger partial charge in [-0.1, -0.05) is 18.2 Å². The summed E-state index contributed by atoms with van der Waals surface area (Å²) in [5.41, 5.74) is 3.20. The zero-order chi connectivity index (χ0) is 17.1. The lowest BCUT2D eigenvalue weighted by Gasteiger charge is -2.33. The Kier molecular flexibility index (Phi) is 4.61. The fourth-order valence-electron chi connectivity index (χ4n) is 2.85. The molecule has 1 aliphatic heterocycles. The van der Waals surface area contributed by atoms with Gasteiger partial charge in [0.05, 0.1) is 30.2 Å². The van der Waals surface area contributed by atoms with Crippen LogP contribution in [0.2, 0.25) is 0 Å². The first-order valence-electron chi connectivity index (χ1n) is 7.94. The Labute approximate surface area is 140 Å². The molecule has 0 unspecified atom stereocenters. The molecule has 2 amide bonds. The van der Waals surface area contributed by atoms with Gasteiger partial charge in [0.2, 0.25) is 11.8 Å². The molecule has 0 bridgehead atoms. The van der Waals surface area contributed by atoms with Gasteiger partial charge in [0.25, 0.3) is 0 Å². The highest BCUT2D eigenvalue weighted by atomic mass is 16.2. The Bertz CT molecular complexity index is 721. The smallest absolute Gasteiger partial charge is 0.241 e. The molecular weight excluding hydrogens is 306 g/mol. The molecule has 0 spiro atoms. The summed E-state index contributed by atoms with van der Waals surface area (Å²) in [6.07, 6.45) is 0. The molecule has 2 N–H and O–H groups in total. The molecule has 1 aromatic carbocycles. The quantitative estimate of drug-likeness (QED) is 0.887. The molecule has 1 aromatic heterocycles. The lowest BCUT2D eigenvalue weighted by Crippen LogP contribution is -2.52. The third kappa shape index (κ3) is 3.46. The zero-order valence-electron chi connectivity index (χ0n) is 13.9. The summed E-state index contributed by atoms with van der Waals surface area (Å²) in [6.45, 7) is 5.38. The predicted molar refractivity (Wildman–Crippen MR) is 91.9 cm³/mol. The summed E-state index contributed by atoms with van der Waals surface area (Å²) in [5, 5.41) is 9.76. The number of nitrogens with one attached hydrogen (secondary N) is 2. The van der Waals surface area contributed by atoms with Crippen molar-refractivity contribution in [2.24, 2.45) is 0 Å². The van der Waals surface area contributed by atoms with Crippen LogP contribution in [0.5, 0.6) is 0 Å². The van der Waals surface area contributed by atoms with Crippen molar-refractivity contribution in [1.82, 2.24) is 15.1 Å². The number of rotatable bonds is 4. The summed E-state index contributed by atoms with van der Waals surface area (Å²) in [5.74, 6) is -0.125. The van der Waals surface area contributed by atoms with E-state index >= 15 is 0 Å². The van der Waals surface area contributed by atoms with Crippen molar-refractivity contribution in [3.8, 4) is 0 Å². The van der Waals surface area contributed by atoms with E-state index in [0.717, 1.165) is 17.1 Å². The van der Waals surface area contributed by atoms with E-state index in [9.17, 15) is 9.59 Å². The van der Waals surface area contributed by atoms with Crippen molar-refractivity contribution in [3.05, 3.63) is 41.7 Å². The summed E-state index contributed by atoms with van der Waals surface area (Å²) in [4.78, 5) is 28.2. The predicted octanol–water partition coefficient (Wildman–Crippen LogP) is 1.31. The Morgan fingerprint density at radius 3 is 2.62 bits per heavy atom. The second-order valence-corrected chi connectivity index (χ2v) is 5.95. The highest BCUT2D eigenvalue weighted by molar-refractivity contribution is 5.97. The van der Waals surface area contributed by atoms with E-state index in [4.69, 9.17) is 0 Å². The van der Waals surface area contributed by atoms with Gasteiger partial charge in [0.15, 0.2) is 0 Å². The molecule has 0 aliphatic carbocycles. The summed E-state index contributed by atoms with van der Waals surface area (Å²) in [7, 11) is 0. The van der Waals surface area contributed by atoms with E-state index in [1.165, 1.54) is 0 Å². The van der Waals surface area contributed by atoms with Crippen LogP contribution in [0, 0.1) is 13.8 Å². The first-order chi connectivity index (χ1) is 11.5. The molecule has 2 aromatic rings.